The molecule has 0 spiro atoms. The summed E-state index contributed by atoms with van der Waals surface area (Å²) >= 11 is 0. The second-order valence-electron chi connectivity index (χ2n) is 5.78. The molecule has 21 heavy (non-hydrogen) atoms. The van der Waals surface area contributed by atoms with E-state index in [1.54, 1.807) is 0 Å². The zero-order valence-electron chi connectivity index (χ0n) is 13.9. The van der Waals surface area contributed by atoms with Gasteiger partial charge in [0.15, 0.2) is 0 Å². The van der Waals surface area contributed by atoms with Crippen molar-refractivity contribution in [2.45, 2.75) is 60.4 Å². The molecule has 0 atom stereocenters. The van der Waals surface area contributed by atoms with Crippen LogP contribution in [-0.2, 0) is 33.9 Å². The Morgan fingerprint density at radius 1 is 1.00 bits per heavy atom. The molecule has 1 aromatic heterocycles. The summed E-state index contributed by atoms with van der Waals surface area (Å²) in [6, 6.07) is 6.95. The van der Waals surface area contributed by atoms with Crippen molar-refractivity contribution in [1.82, 2.24) is 9.78 Å². The van der Waals surface area contributed by atoms with E-state index in [1.165, 1.54) is 33.6 Å². The molecular weight excluding hydrogens is 439 g/mol. The van der Waals surface area contributed by atoms with Crippen molar-refractivity contribution in [2.75, 3.05) is 0 Å². The van der Waals surface area contributed by atoms with Gasteiger partial charge in [0.2, 0.25) is 0 Å². The van der Waals surface area contributed by atoms with E-state index in [0.717, 1.165) is 12.8 Å². The minimum Gasteiger partial charge on any atom is -0.266 e. The number of rotatable bonds is 4. The molecular formula is C18H26N2Pt. The Morgan fingerprint density at radius 2 is 1.57 bits per heavy atom. The van der Waals surface area contributed by atoms with Crippen molar-refractivity contribution in [3.05, 3.63) is 40.7 Å². The van der Waals surface area contributed by atoms with Gasteiger partial charge in [0, 0.05) is 38.4 Å². The number of hydrogen-bond donors (Lipinski definition) is 0. The van der Waals surface area contributed by atoms with Crippen LogP contribution in [0.5, 0.6) is 0 Å². The molecule has 0 aliphatic rings. The molecule has 0 fully saturated rings. The summed E-state index contributed by atoms with van der Waals surface area (Å²) in [4.78, 5) is 0. The Kier molecular flexibility index (Phi) is 6.40. The van der Waals surface area contributed by atoms with Gasteiger partial charge in [0.1, 0.15) is 0 Å². The molecule has 0 saturated heterocycles. The minimum absolute atomic E-state index is 0. The van der Waals surface area contributed by atoms with Crippen LogP contribution in [0.15, 0.2) is 18.2 Å². The predicted octanol–water partition coefficient (Wildman–Crippen LogP) is 4.87. The second kappa shape index (κ2) is 7.40. The van der Waals surface area contributed by atoms with Crippen molar-refractivity contribution in [3.63, 3.8) is 0 Å². The maximum atomic E-state index is 4.87. The normalized spacial score (nSPS) is 10.8. The quantitative estimate of drug-likeness (QED) is 0.630. The van der Waals surface area contributed by atoms with E-state index in [0.29, 0.717) is 6.04 Å². The smallest absolute Gasteiger partial charge is 0.0703 e. The molecule has 0 amide bonds. The Labute approximate surface area is 143 Å². The molecule has 2 nitrogen and oxygen atoms in total. The summed E-state index contributed by atoms with van der Waals surface area (Å²) in [6.07, 6.45) is 2.00. The Morgan fingerprint density at radius 3 is 2.00 bits per heavy atom. The monoisotopic (exact) mass is 465 g/mol. The Balaban J connectivity index is 0.00000220. The summed E-state index contributed by atoms with van der Waals surface area (Å²) in [5.41, 5.74) is 8.05. The van der Waals surface area contributed by atoms with Gasteiger partial charge in [-0.3, -0.25) is 4.68 Å². The average molecular weight is 465 g/mol. The van der Waals surface area contributed by atoms with Crippen LogP contribution in [0, 0.1) is 13.8 Å². The van der Waals surface area contributed by atoms with E-state index in [9.17, 15) is 0 Å². The molecule has 0 unspecified atom stereocenters. The first-order valence-electron chi connectivity index (χ1n) is 7.68. The molecule has 0 radical (unpaired) electrons. The maximum absolute atomic E-state index is 4.87. The molecule has 1 heterocycles. The van der Waals surface area contributed by atoms with Gasteiger partial charge in [0.25, 0.3) is 0 Å². The standard InChI is InChI=1S/C18H26N2.Pt/c1-7-15-18(16(8-2)20(19-15)12(3)4)17-13(5)10-9-11-14(17)6;/h9-12H,7-8H2,1-6H3;. The van der Waals surface area contributed by atoms with Crippen LogP contribution in [0.25, 0.3) is 11.1 Å². The topological polar surface area (TPSA) is 17.8 Å². The van der Waals surface area contributed by atoms with Crippen molar-refractivity contribution in [2.24, 2.45) is 0 Å². The van der Waals surface area contributed by atoms with Crippen molar-refractivity contribution in [3.8, 4) is 11.1 Å². The van der Waals surface area contributed by atoms with Crippen LogP contribution in [0.3, 0.4) is 0 Å². The van der Waals surface area contributed by atoms with Gasteiger partial charge < -0.3 is 0 Å². The van der Waals surface area contributed by atoms with E-state index in [4.69, 9.17) is 5.10 Å². The first kappa shape index (κ1) is 18.2. The summed E-state index contributed by atoms with van der Waals surface area (Å²) in [5.74, 6) is 0. The molecule has 0 N–H and O–H groups in total. The number of aryl methyl sites for hydroxylation is 3. The molecule has 0 aliphatic heterocycles. The van der Waals surface area contributed by atoms with Gasteiger partial charge in [-0.25, -0.2) is 0 Å². The third-order valence-electron chi connectivity index (χ3n) is 3.97. The third kappa shape index (κ3) is 3.31. The zero-order valence-corrected chi connectivity index (χ0v) is 16.2. The fourth-order valence-corrected chi connectivity index (χ4v) is 3.03. The first-order chi connectivity index (χ1) is 9.51. The van der Waals surface area contributed by atoms with Gasteiger partial charge in [-0.1, -0.05) is 32.0 Å². The third-order valence-corrected chi connectivity index (χ3v) is 3.97. The molecule has 118 valence electrons. The molecule has 0 saturated carbocycles. The average Bonchev–Trinajstić information content (AvgIpc) is 2.77. The van der Waals surface area contributed by atoms with Crippen LogP contribution < -0.4 is 0 Å². The van der Waals surface area contributed by atoms with E-state index >= 15 is 0 Å². The summed E-state index contributed by atoms with van der Waals surface area (Å²) in [5, 5.41) is 4.87. The number of benzene rings is 1. The van der Waals surface area contributed by atoms with Crippen LogP contribution in [0.4, 0.5) is 0 Å². The molecule has 2 rings (SSSR count). The van der Waals surface area contributed by atoms with Crippen molar-refractivity contribution >= 4 is 0 Å². The van der Waals surface area contributed by atoms with Gasteiger partial charge in [-0.05, 0) is 57.2 Å². The van der Waals surface area contributed by atoms with Gasteiger partial charge in [0.05, 0.1) is 5.69 Å². The van der Waals surface area contributed by atoms with Crippen molar-refractivity contribution < 1.29 is 21.1 Å². The van der Waals surface area contributed by atoms with Gasteiger partial charge in [-0.15, -0.1) is 0 Å². The van der Waals surface area contributed by atoms with Crippen LogP contribution in [-0.4, -0.2) is 9.78 Å². The van der Waals surface area contributed by atoms with Crippen molar-refractivity contribution in [1.29, 1.82) is 0 Å². The second-order valence-corrected chi connectivity index (χ2v) is 5.78. The predicted molar refractivity (Wildman–Crippen MR) is 86.3 cm³/mol. The zero-order chi connectivity index (χ0) is 14.9. The van der Waals surface area contributed by atoms with E-state index in [1.807, 2.05) is 0 Å². The van der Waals surface area contributed by atoms with Gasteiger partial charge >= 0.3 is 0 Å². The van der Waals surface area contributed by atoms with E-state index < -0.39 is 0 Å². The first-order valence-corrected chi connectivity index (χ1v) is 7.68. The number of hydrogen-bond acceptors (Lipinski definition) is 1. The van der Waals surface area contributed by atoms with Crippen LogP contribution >= 0.6 is 0 Å². The van der Waals surface area contributed by atoms with Crippen LogP contribution in [0.1, 0.15) is 56.3 Å². The molecule has 1 aromatic carbocycles. The minimum atomic E-state index is 0. The largest absolute Gasteiger partial charge is 0.266 e. The van der Waals surface area contributed by atoms with Crippen LogP contribution in [0.2, 0.25) is 0 Å². The SMILES string of the molecule is CCc1nn(C(C)C)c(CC)c1-c1c(C)cccc1C.[Pt]. The number of nitrogens with zero attached hydrogens (tertiary/aromatic N) is 2. The van der Waals surface area contributed by atoms with E-state index in [-0.39, 0.29) is 21.1 Å². The van der Waals surface area contributed by atoms with E-state index in [2.05, 4.69) is 64.4 Å². The molecule has 0 aliphatic carbocycles. The fourth-order valence-electron chi connectivity index (χ4n) is 3.03. The summed E-state index contributed by atoms with van der Waals surface area (Å²) in [6.45, 7) is 13.2. The Bertz CT molecular complexity index is 592. The molecule has 2 aromatic rings. The van der Waals surface area contributed by atoms with Gasteiger partial charge in [-0.2, -0.15) is 5.10 Å². The number of aromatic nitrogens is 2. The Hall–Kier alpha value is -0.882. The fraction of sp³-hybridized carbons (Fsp3) is 0.500. The summed E-state index contributed by atoms with van der Waals surface area (Å²) in [7, 11) is 0. The molecule has 3 heteroatoms. The molecule has 0 bridgehead atoms. The maximum Gasteiger partial charge on any atom is 0.0703 e. The summed E-state index contributed by atoms with van der Waals surface area (Å²) < 4.78 is 2.21.